The van der Waals surface area contributed by atoms with E-state index in [1.54, 1.807) is 72.4 Å². The summed E-state index contributed by atoms with van der Waals surface area (Å²) in [5, 5.41) is 7.15. The normalized spacial score (nSPS) is 11.0. The monoisotopic (exact) mass is 391 g/mol. The van der Waals surface area contributed by atoms with Crippen LogP contribution in [-0.4, -0.2) is 22.6 Å². The summed E-state index contributed by atoms with van der Waals surface area (Å²) in [6.45, 7) is 1.45. The van der Waals surface area contributed by atoms with Crippen LogP contribution in [0.5, 0.6) is 0 Å². The highest BCUT2D eigenvalue weighted by Gasteiger charge is 2.16. The van der Waals surface area contributed by atoms with Crippen LogP contribution >= 0.6 is 11.3 Å². The Bertz CT molecular complexity index is 1030. The third-order valence-corrected chi connectivity index (χ3v) is 4.63. The molecule has 0 spiro atoms. The molecule has 2 aromatic heterocycles. The minimum Gasteiger partial charge on any atom is -0.321 e. The van der Waals surface area contributed by atoms with Gasteiger partial charge in [-0.1, -0.05) is 24.3 Å². The second-order valence-electron chi connectivity index (χ2n) is 5.87. The van der Waals surface area contributed by atoms with Gasteiger partial charge in [0.25, 0.3) is 11.8 Å². The maximum Gasteiger partial charge on any atom is 0.272 e. The number of hydrogen-bond donors (Lipinski definition) is 2. The topological polar surface area (TPSA) is 88.2 Å². The van der Waals surface area contributed by atoms with E-state index in [2.05, 4.69) is 15.6 Å². The molecule has 0 saturated carbocycles. The zero-order valence-corrected chi connectivity index (χ0v) is 15.8. The van der Waals surface area contributed by atoms with Gasteiger partial charge in [-0.2, -0.15) is 0 Å². The molecule has 28 heavy (non-hydrogen) atoms. The van der Waals surface area contributed by atoms with Crippen LogP contribution in [0.2, 0.25) is 0 Å². The van der Waals surface area contributed by atoms with Crippen molar-refractivity contribution in [3.8, 4) is 0 Å². The fourth-order valence-corrected chi connectivity index (χ4v) is 3.01. The molecule has 3 rings (SSSR count). The first-order valence-corrected chi connectivity index (χ1v) is 9.30. The molecule has 140 valence electrons. The van der Waals surface area contributed by atoms with Gasteiger partial charge in [-0.25, -0.2) is 0 Å². The van der Waals surface area contributed by atoms with Crippen LogP contribution in [0.4, 0.5) is 5.69 Å². The quantitative estimate of drug-likeness (QED) is 0.495. The van der Waals surface area contributed by atoms with E-state index in [1.165, 1.54) is 18.3 Å². The van der Waals surface area contributed by atoms with Crippen molar-refractivity contribution in [2.45, 2.75) is 6.92 Å². The third-order valence-electron chi connectivity index (χ3n) is 3.76. The largest absolute Gasteiger partial charge is 0.321 e. The molecule has 1 aromatic carbocycles. The van der Waals surface area contributed by atoms with Crippen LogP contribution in [0.1, 0.15) is 32.5 Å². The van der Waals surface area contributed by atoms with Crippen molar-refractivity contribution < 1.29 is 14.4 Å². The predicted octanol–water partition coefficient (Wildman–Crippen LogP) is 3.76. The van der Waals surface area contributed by atoms with Gasteiger partial charge in [-0.05, 0) is 48.2 Å². The van der Waals surface area contributed by atoms with Gasteiger partial charge in [-0.3, -0.25) is 19.4 Å². The smallest absolute Gasteiger partial charge is 0.272 e. The molecule has 0 unspecified atom stereocenters. The zero-order chi connectivity index (χ0) is 19.9. The summed E-state index contributed by atoms with van der Waals surface area (Å²) in [6.07, 6.45) is 4.75. The first kappa shape index (κ1) is 19.2. The lowest BCUT2D eigenvalue weighted by molar-refractivity contribution is -0.113. The molecule has 2 N–H and O–H groups in total. The number of thiophene rings is 1. The standard InChI is InChI=1S/C21H17N3O3S/c1-14(25)16-6-2-7-17(12-16)23-20(26)18(11-15-5-3-9-22-13-15)24-21(27)19-8-4-10-28-19/h2-13H,1H3,(H,23,26)(H,24,27). The summed E-state index contributed by atoms with van der Waals surface area (Å²) >= 11 is 1.28. The Morgan fingerprint density at radius 1 is 1.07 bits per heavy atom. The SMILES string of the molecule is CC(=O)c1cccc(NC(=O)C(=Cc2cccnc2)NC(=O)c2cccs2)c1. The van der Waals surface area contributed by atoms with Crippen molar-refractivity contribution >= 4 is 40.7 Å². The zero-order valence-electron chi connectivity index (χ0n) is 15.0. The first-order valence-electron chi connectivity index (χ1n) is 8.42. The van der Waals surface area contributed by atoms with Crippen molar-refractivity contribution in [2.24, 2.45) is 0 Å². The Balaban J connectivity index is 1.86. The first-order chi connectivity index (χ1) is 13.5. The number of aromatic nitrogens is 1. The minimum atomic E-state index is -0.505. The van der Waals surface area contributed by atoms with Crippen molar-refractivity contribution in [3.05, 3.63) is 88.0 Å². The Kier molecular flexibility index (Phi) is 6.08. The molecule has 0 aliphatic carbocycles. The predicted molar refractivity (Wildman–Crippen MR) is 109 cm³/mol. The van der Waals surface area contributed by atoms with Crippen LogP contribution in [0.25, 0.3) is 6.08 Å². The number of anilines is 1. The van der Waals surface area contributed by atoms with Crippen LogP contribution in [-0.2, 0) is 4.79 Å². The fraction of sp³-hybridized carbons (Fsp3) is 0.0476. The lowest BCUT2D eigenvalue weighted by Crippen LogP contribution is -2.30. The van der Waals surface area contributed by atoms with Crippen molar-refractivity contribution in [1.29, 1.82) is 0 Å². The lowest BCUT2D eigenvalue weighted by Gasteiger charge is -2.11. The number of benzene rings is 1. The average molecular weight is 391 g/mol. The van der Waals surface area contributed by atoms with E-state index in [4.69, 9.17) is 0 Å². The number of ketones is 1. The van der Waals surface area contributed by atoms with Crippen LogP contribution in [0, 0.1) is 0 Å². The van der Waals surface area contributed by atoms with Crippen LogP contribution in [0.3, 0.4) is 0 Å². The Labute approximate surface area is 165 Å². The number of nitrogens with zero attached hydrogens (tertiary/aromatic N) is 1. The van der Waals surface area contributed by atoms with Gasteiger partial charge in [-0.15, -0.1) is 11.3 Å². The van der Waals surface area contributed by atoms with Gasteiger partial charge < -0.3 is 10.6 Å². The van der Waals surface area contributed by atoms with E-state index in [0.717, 1.165) is 0 Å². The number of rotatable bonds is 6. The van der Waals surface area contributed by atoms with Gasteiger partial charge in [0.1, 0.15) is 5.70 Å². The molecule has 7 heteroatoms. The fourth-order valence-electron chi connectivity index (χ4n) is 2.39. The highest BCUT2D eigenvalue weighted by Crippen LogP contribution is 2.14. The molecule has 3 aromatic rings. The summed E-state index contributed by atoms with van der Waals surface area (Å²) in [4.78, 5) is 41.3. The highest BCUT2D eigenvalue weighted by atomic mass is 32.1. The van der Waals surface area contributed by atoms with E-state index in [-0.39, 0.29) is 17.4 Å². The van der Waals surface area contributed by atoms with E-state index < -0.39 is 5.91 Å². The van der Waals surface area contributed by atoms with E-state index in [1.807, 2.05) is 0 Å². The number of carbonyl (C=O) groups excluding carboxylic acids is 3. The van der Waals surface area contributed by atoms with Gasteiger partial charge in [0, 0.05) is 23.6 Å². The van der Waals surface area contributed by atoms with Gasteiger partial charge in [0.2, 0.25) is 0 Å². The summed E-state index contributed by atoms with van der Waals surface area (Å²) < 4.78 is 0. The molecule has 0 aliphatic rings. The summed E-state index contributed by atoms with van der Waals surface area (Å²) in [5.74, 6) is -0.986. The average Bonchev–Trinajstić information content (AvgIpc) is 3.23. The maximum absolute atomic E-state index is 12.8. The van der Waals surface area contributed by atoms with Crippen LogP contribution < -0.4 is 10.6 Å². The van der Waals surface area contributed by atoms with Gasteiger partial charge in [0.05, 0.1) is 4.88 Å². The van der Waals surface area contributed by atoms with Gasteiger partial charge >= 0.3 is 0 Å². The van der Waals surface area contributed by atoms with E-state index in [9.17, 15) is 14.4 Å². The second kappa shape index (κ2) is 8.88. The molecular formula is C21H17N3O3S. The van der Waals surface area contributed by atoms with Crippen molar-refractivity contribution in [2.75, 3.05) is 5.32 Å². The number of pyridine rings is 1. The number of amides is 2. The van der Waals surface area contributed by atoms with E-state index >= 15 is 0 Å². The third kappa shape index (κ3) is 4.99. The minimum absolute atomic E-state index is 0.0691. The van der Waals surface area contributed by atoms with Crippen LogP contribution in [0.15, 0.2) is 72.0 Å². The van der Waals surface area contributed by atoms with Crippen molar-refractivity contribution in [1.82, 2.24) is 10.3 Å². The Morgan fingerprint density at radius 3 is 2.61 bits per heavy atom. The number of hydrogen-bond acceptors (Lipinski definition) is 5. The molecule has 2 heterocycles. The molecule has 0 saturated heterocycles. The number of Topliss-reactive ketones (excluding diaryl/α,β-unsaturated/α-hetero) is 1. The molecule has 0 aliphatic heterocycles. The highest BCUT2D eigenvalue weighted by molar-refractivity contribution is 7.12. The second-order valence-corrected chi connectivity index (χ2v) is 6.81. The summed E-state index contributed by atoms with van der Waals surface area (Å²) in [6, 6.07) is 13.6. The van der Waals surface area contributed by atoms with Crippen molar-refractivity contribution in [3.63, 3.8) is 0 Å². The molecule has 0 fully saturated rings. The lowest BCUT2D eigenvalue weighted by atomic mass is 10.1. The number of carbonyl (C=O) groups is 3. The molecule has 0 atom stereocenters. The summed E-state index contributed by atoms with van der Waals surface area (Å²) in [7, 11) is 0. The van der Waals surface area contributed by atoms with E-state index in [0.29, 0.717) is 21.7 Å². The summed E-state index contributed by atoms with van der Waals surface area (Å²) in [5.41, 5.74) is 1.68. The Morgan fingerprint density at radius 2 is 1.93 bits per heavy atom. The van der Waals surface area contributed by atoms with Gasteiger partial charge in [0.15, 0.2) is 5.78 Å². The Hall–Kier alpha value is -3.58. The molecule has 0 bridgehead atoms. The molecule has 2 amide bonds. The number of nitrogens with one attached hydrogen (secondary N) is 2. The molecule has 0 radical (unpaired) electrons. The molecule has 6 nitrogen and oxygen atoms in total. The molecular weight excluding hydrogens is 374 g/mol. The maximum atomic E-state index is 12.8.